The maximum Gasteiger partial charge on any atom is 0.408 e. The Bertz CT molecular complexity index is 667. The molecule has 29 heavy (non-hydrogen) atoms. The van der Waals surface area contributed by atoms with Crippen LogP contribution in [0.2, 0.25) is 0 Å². The van der Waals surface area contributed by atoms with Crippen LogP contribution in [0.3, 0.4) is 0 Å². The molecule has 2 N–H and O–H groups in total. The van der Waals surface area contributed by atoms with Gasteiger partial charge in [0.05, 0.1) is 12.1 Å². The first-order chi connectivity index (χ1) is 13.5. The van der Waals surface area contributed by atoms with Crippen molar-refractivity contribution in [2.75, 3.05) is 7.05 Å². The van der Waals surface area contributed by atoms with Crippen LogP contribution in [0, 0.1) is 5.92 Å². The molecule has 0 aromatic heterocycles. The van der Waals surface area contributed by atoms with Crippen molar-refractivity contribution in [3.05, 3.63) is 48.6 Å². The second-order valence-corrected chi connectivity index (χ2v) is 8.67. The molecule has 0 aliphatic heterocycles. The van der Waals surface area contributed by atoms with Gasteiger partial charge < -0.3 is 20.1 Å². The van der Waals surface area contributed by atoms with Crippen molar-refractivity contribution < 1.29 is 19.4 Å². The number of amides is 2. The highest BCUT2D eigenvalue weighted by Crippen LogP contribution is 2.17. The van der Waals surface area contributed by atoms with E-state index in [1.165, 1.54) is 4.90 Å². The number of aliphatic hydroxyl groups is 1. The van der Waals surface area contributed by atoms with Gasteiger partial charge >= 0.3 is 6.09 Å². The van der Waals surface area contributed by atoms with Crippen molar-refractivity contribution in [1.29, 1.82) is 0 Å². The molecule has 0 aliphatic rings. The normalized spacial score (nSPS) is 14.6. The van der Waals surface area contributed by atoms with Gasteiger partial charge in [0.1, 0.15) is 11.6 Å². The average Bonchev–Trinajstić information content (AvgIpc) is 2.62. The molecule has 0 saturated carbocycles. The molecule has 0 saturated heterocycles. The average molecular weight is 405 g/mol. The van der Waals surface area contributed by atoms with Gasteiger partial charge in [-0.25, -0.2) is 4.79 Å². The summed E-state index contributed by atoms with van der Waals surface area (Å²) in [5.74, 6) is -0.415. The van der Waals surface area contributed by atoms with Gasteiger partial charge in [0.2, 0.25) is 5.91 Å². The van der Waals surface area contributed by atoms with Gasteiger partial charge in [0.25, 0.3) is 0 Å². The topological polar surface area (TPSA) is 78.9 Å². The monoisotopic (exact) mass is 404 g/mol. The second kappa shape index (κ2) is 11.0. The number of carbonyl (C=O) groups excluding carboxylic acids is 2. The quantitative estimate of drug-likeness (QED) is 0.617. The second-order valence-electron chi connectivity index (χ2n) is 8.67. The molecule has 6 heteroatoms. The summed E-state index contributed by atoms with van der Waals surface area (Å²) in [5, 5.41) is 13.4. The molecule has 0 bridgehead atoms. The van der Waals surface area contributed by atoms with E-state index in [1.807, 2.05) is 44.2 Å². The minimum absolute atomic E-state index is 0.147. The zero-order valence-electron chi connectivity index (χ0n) is 18.5. The molecule has 0 unspecified atom stereocenters. The SMILES string of the molecule is C=CC[C@@H](O)[C@H](Cc1ccccc1)N(C)C(=O)[C@@H](NC(=O)OC(C)(C)C)C(C)C. The van der Waals surface area contributed by atoms with E-state index in [0.717, 1.165) is 5.56 Å². The zero-order chi connectivity index (χ0) is 22.2. The number of nitrogens with zero attached hydrogens (tertiary/aromatic N) is 1. The molecule has 1 aromatic rings. The minimum Gasteiger partial charge on any atom is -0.444 e. The molecule has 0 spiro atoms. The predicted molar refractivity (Wildman–Crippen MR) is 116 cm³/mol. The summed E-state index contributed by atoms with van der Waals surface area (Å²) in [6.45, 7) is 12.7. The Labute approximate surface area is 174 Å². The maximum atomic E-state index is 13.2. The summed E-state index contributed by atoms with van der Waals surface area (Å²) >= 11 is 0. The van der Waals surface area contributed by atoms with Gasteiger partial charge in [0.15, 0.2) is 0 Å². The van der Waals surface area contributed by atoms with Crippen LogP contribution >= 0.6 is 0 Å². The van der Waals surface area contributed by atoms with Crippen LogP contribution in [0.5, 0.6) is 0 Å². The van der Waals surface area contributed by atoms with Crippen molar-refractivity contribution in [1.82, 2.24) is 10.2 Å². The van der Waals surface area contributed by atoms with E-state index in [0.29, 0.717) is 12.8 Å². The van der Waals surface area contributed by atoms with Crippen LogP contribution in [0.15, 0.2) is 43.0 Å². The summed E-state index contributed by atoms with van der Waals surface area (Å²) in [6, 6.07) is 8.49. The van der Waals surface area contributed by atoms with Crippen LogP contribution in [-0.4, -0.2) is 52.8 Å². The highest BCUT2D eigenvalue weighted by Gasteiger charge is 2.34. The summed E-state index contributed by atoms with van der Waals surface area (Å²) in [5.41, 5.74) is 0.359. The highest BCUT2D eigenvalue weighted by atomic mass is 16.6. The Morgan fingerprint density at radius 3 is 2.31 bits per heavy atom. The Kier molecular flexibility index (Phi) is 9.37. The van der Waals surface area contributed by atoms with E-state index in [-0.39, 0.29) is 11.8 Å². The Hall–Kier alpha value is -2.34. The minimum atomic E-state index is -0.768. The van der Waals surface area contributed by atoms with Crippen LogP contribution in [-0.2, 0) is 16.0 Å². The largest absolute Gasteiger partial charge is 0.444 e. The third kappa shape index (κ3) is 8.28. The number of alkyl carbamates (subject to hydrolysis) is 1. The van der Waals surface area contributed by atoms with Crippen molar-refractivity contribution in [2.45, 2.75) is 71.2 Å². The molecule has 0 fully saturated rings. The third-order valence-electron chi connectivity index (χ3n) is 4.59. The molecule has 162 valence electrons. The van der Waals surface area contributed by atoms with Gasteiger partial charge in [-0.2, -0.15) is 0 Å². The molecular weight excluding hydrogens is 368 g/mol. The van der Waals surface area contributed by atoms with Crippen LogP contribution in [0.4, 0.5) is 4.79 Å². The lowest BCUT2D eigenvalue weighted by Gasteiger charge is -2.35. The van der Waals surface area contributed by atoms with Crippen molar-refractivity contribution in [3.8, 4) is 0 Å². The standard InChI is InChI=1S/C23H36N2O4/c1-8-12-19(26)18(15-17-13-10-9-11-14-17)25(7)21(27)20(16(2)3)24-22(28)29-23(4,5)6/h8-11,13-14,16,18-20,26H,1,12,15H2,2-7H3,(H,24,28)/t18-,19+,20-/m0/s1. The van der Waals surface area contributed by atoms with E-state index in [9.17, 15) is 14.7 Å². The molecule has 0 radical (unpaired) electrons. The maximum absolute atomic E-state index is 13.2. The van der Waals surface area contributed by atoms with E-state index in [4.69, 9.17) is 4.74 Å². The van der Waals surface area contributed by atoms with Gasteiger partial charge in [-0.3, -0.25) is 4.79 Å². The Morgan fingerprint density at radius 1 is 1.24 bits per heavy atom. The lowest BCUT2D eigenvalue weighted by molar-refractivity contribution is -0.137. The molecule has 3 atom stereocenters. The fourth-order valence-corrected chi connectivity index (χ4v) is 3.05. The number of hydrogen-bond donors (Lipinski definition) is 2. The molecular formula is C23H36N2O4. The van der Waals surface area contributed by atoms with Gasteiger partial charge in [0, 0.05) is 7.05 Å². The first kappa shape index (κ1) is 24.7. The molecule has 0 aliphatic carbocycles. The van der Waals surface area contributed by atoms with Crippen molar-refractivity contribution >= 4 is 12.0 Å². The fourth-order valence-electron chi connectivity index (χ4n) is 3.05. The van der Waals surface area contributed by atoms with E-state index in [1.54, 1.807) is 33.9 Å². The summed E-state index contributed by atoms with van der Waals surface area (Å²) in [4.78, 5) is 27.0. The number of benzene rings is 1. The number of ether oxygens (including phenoxy) is 1. The van der Waals surface area contributed by atoms with Gasteiger partial charge in [-0.1, -0.05) is 50.3 Å². The number of likely N-dealkylation sites (N-methyl/N-ethyl adjacent to an activating group) is 1. The Balaban J connectivity index is 3.03. The summed E-state index contributed by atoms with van der Waals surface area (Å²) < 4.78 is 5.31. The van der Waals surface area contributed by atoms with Gasteiger partial charge in [-0.05, 0) is 45.1 Å². The molecule has 1 rings (SSSR count). The molecule has 2 amide bonds. The van der Waals surface area contributed by atoms with Crippen molar-refractivity contribution in [2.24, 2.45) is 5.92 Å². The number of hydrogen-bond acceptors (Lipinski definition) is 4. The van der Waals surface area contributed by atoms with E-state index in [2.05, 4.69) is 11.9 Å². The fraction of sp³-hybridized carbons (Fsp3) is 0.565. The van der Waals surface area contributed by atoms with Crippen LogP contribution in [0.25, 0.3) is 0 Å². The smallest absolute Gasteiger partial charge is 0.408 e. The van der Waals surface area contributed by atoms with E-state index >= 15 is 0 Å². The first-order valence-corrected chi connectivity index (χ1v) is 10.0. The highest BCUT2D eigenvalue weighted by molar-refractivity contribution is 5.86. The Morgan fingerprint density at radius 2 is 1.83 bits per heavy atom. The lowest BCUT2D eigenvalue weighted by atomic mass is 9.95. The predicted octanol–water partition coefficient (Wildman–Crippen LogP) is 3.54. The molecule has 1 aromatic carbocycles. The van der Waals surface area contributed by atoms with Gasteiger partial charge in [-0.15, -0.1) is 6.58 Å². The molecule has 6 nitrogen and oxygen atoms in total. The summed E-state index contributed by atoms with van der Waals surface area (Å²) in [6.07, 6.45) is 1.09. The van der Waals surface area contributed by atoms with Crippen LogP contribution in [0.1, 0.15) is 46.6 Å². The van der Waals surface area contributed by atoms with Crippen LogP contribution < -0.4 is 5.32 Å². The number of nitrogens with one attached hydrogen (secondary N) is 1. The first-order valence-electron chi connectivity index (χ1n) is 10.0. The van der Waals surface area contributed by atoms with Crippen molar-refractivity contribution in [3.63, 3.8) is 0 Å². The number of aliphatic hydroxyl groups excluding tert-OH is 1. The lowest BCUT2D eigenvalue weighted by Crippen LogP contribution is -2.56. The van der Waals surface area contributed by atoms with E-state index < -0.39 is 29.9 Å². The third-order valence-corrected chi connectivity index (χ3v) is 4.59. The zero-order valence-corrected chi connectivity index (χ0v) is 18.5. The summed E-state index contributed by atoms with van der Waals surface area (Å²) in [7, 11) is 1.66. The number of rotatable bonds is 9. The number of carbonyl (C=O) groups is 2. The molecule has 0 heterocycles.